The Balaban J connectivity index is 1.71. The molecule has 140 valence electrons. The molecule has 2 rings (SSSR count). The minimum Gasteiger partial charge on any atom is -0.483 e. The van der Waals surface area contributed by atoms with Crippen LogP contribution in [-0.2, 0) is 4.84 Å². The number of thioether (sulfide) groups is 1. The number of nitrogens with two attached hydrogens (primary N) is 1. The predicted octanol–water partition coefficient (Wildman–Crippen LogP) is 4.73. The van der Waals surface area contributed by atoms with Crippen LogP contribution in [0, 0.1) is 0 Å². The van der Waals surface area contributed by atoms with Crippen LogP contribution >= 0.6 is 11.8 Å². The van der Waals surface area contributed by atoms with Gasteiger partial charge in [0.25, 0.3) is 0 Å². The van der Waals surface area contributed by atoms with Gasteiger partial charge in [-0.05, 0) is 30.3 Å². The summed E-state index contributed by atoms with van der Waals surface area (Å²) < 4.78 is 5.63. The van der Waals surface area contributed by atoms with E-state index in [-0.39, 0.29) is 12.4 Å². The van der Waals surface area contributed by atoms with Gasteiger partial charge in [0.15, 0.2) is 5.84 Å². The molecule has 0 saturated carbocycles. The summed E-state index contributed by atoms with van der Waals surface area (Å²) in [6.45, 7) is 2.19. The van der Waals surface area contributed by atoms with Gasteiger partial charge in [0.2, 0.25) is 0 Å². The molecule has 2 N–H and O–H groups in total. The minimum atomic E-state index is -0.449. The third-order valence-corrected chi connectivity index (χ3v) is 4.48. The number of nitrogens with zero attached hydrogens (tertiary/aromatic N) is 2. The van der Waals surface area contributed by atoms with Crippen LogP contribution in [-0.4, -0.2) is 28.5 Å². The zero-order chi connectivity index (χ0) is 18.6. The number of oxime groups is 1. The van der Waals surface area contributed by atoms with Crippen LogP contribution < -0.4 is 10.5 Å². The van der Waals surface area contributed by atoms with Crippen molar-refractivity contribution >= 4 is 33.8 Å². The zero-order valence-electron chi connectivity index (χ0n) is 15.0. The van der Waals surface area contributed by atoms with E-state index in [9.17, 15) is 4.79 Å². The van der Waals surface area contributed by atoms with Gasteiger partial charge in [-0.15, -0.1) is 0 Å². The summed E-state index contributed by atoms with van der Waals surface area (Å²) >= 11 is 1.12. The molecule has 0 atom stereocenters. The number of carbonyl (C=O) groups is 1. The van der Waals surface area contributed by atoms with Crippen molar-refractivity contribution in [2.45, 2.75) is 39.0 Å². The molecule has 0 aliphatic heterocycles. The first-order valence-electron chi connectivity index (χ1n) is 8.83. The second kappa shape index (κ2) is 11.4. The normalized spacial score (nSPS) is 11.5. The van der Waals surface area contributed by atoms with Gasteiger partial charge in [0, 0.05) is 17.3 Å². The molecule has 1 aromatic heterocycles. The summed E-state index contributed by atoms with van der Waals surface area (Å²) in [5.74, 6) is 1.43. The molecule has 26 heavy (non-hydrogen) atoms. The van der Waals surface area contributed by atoms with Gasteiger partial charge >= 0.3 is 5.30 Å². The largest absolute Gasteiger partial charge is 0.483 e. The van der Waals surface area contributed by atoms with Gasteiger partial charge in [0.05, 0.1) is 0 Å². The second-order valence-corrected chi connectivity index (χ2v) is 6.84. The molecule has 0 spiro atoms. The first-order valence-corrected chi connectivity index (χ1v) is 9.82. The van der Waals surface area contributed by atoms with E-state index in [2.05, 4.69) is 17.1 Å². The Bertz CT molecular complexity index is 732. The molecule has 0 unspecified atom stereocenters. The third kappa shape index (κ3) is 6.92. The summed E-state index contributed by atoms with van der Waals surface area (Å²) in [6.07, 6.45) is 7.48. The number of aromatic nitrogens is 1. The Morgan fingerprint density at radius 3 is 2.85 bits per heavy atom. The maximum atomic E-state index is 11.6. The Kier molecular flexibility index (Phi) is 8.75. The average molecular weight is 375 g/mol. The third-order valence-electron chi connectivity index (χ3n) is 3.68. The molecule has 0 bridgehead atoms. The van der Waals surface area contributed by atoms with Gasteiger partial charge in [-0.25, -0.2) is 4.79 Å². The zero-order valence-corrected chi connectivity index (χ0v) is 15.8. The number of carbonyl (C=O) groups excluding carboxylic acids is 1. The van der Waals surface area contributed by atoms with Crippen LogP contribution in [0.1, 0.15) is 39.0 Å². The van der Waals surface area contributed by atoms with Crippen molar-refractivity contribution in [2.24, 2.45) is 10.9 Å². The highest BCUT2D eigenvalue weighted by atomic mass is 32.2. The number of amidine groups is 1. The van der Waals surface area contributed by atoms with Crippen LogP contribution in [0.5, 0.6) is 5.75 Å². The average Bonchev–Trinajstić information content (AvgIpc) is 2.67. The predicted molar refractivity (Wildman–Crippen MR) is 107 cm³/mol. The SMILES string of the molecule is CCCCCCCSC(=O)ON=C(N)COc1cccc2cccnc12. The Morgan fingerprint density at radius 2 is 2.00 bits per heavy atom. The van der Waals surface area contributed by atoms with Crippen molar-refractivity contribution in [1.82, 2.24) is 4.98 Å². The number of rotatable bonds is 10. The van der Waals surface area contributed by atoms with E-state index in [1.54, 1.807) is 6.20 Å². The molecule has 0 aliphatic carbocycles. The number of hydrogen-bond acceptors (Lipinski definition) is 6. The smallest absolute Gasteiger partial charge is 0.393 e. The lowest BCUT2D eigenvalue weighted by atomic mass is 10.2. The summed E-state index contributed by atoms with van der Waals surface area (Å²) in [5, 5.41) is 4.15. The summed E-state index contributed by atoms with van der Waals surface area (Å²) in [7, 11) is 0. The Morgan fingerprint density at radius 1 is 1.19 bits per heavy atom. The molecule has 6 nitrogen and oxygen atoms in total. The number of fused-ring (bicyclic) bond motifs is 1. The van der Waals surface area contributed by atoms with Gasteiger partial charge in [0.1, 0.15) is 17.9 Å². The highest BCUT2D eigenvalue weighted by Gasteiger charge is 2.06. The number of hydrogen-bond donors (Lipinski definition) is 1. The lowest BCUT2D eigenvalue weighted by Gasteiger charge is -2.07. The maximum absolute atomic E-state index is 11.6. The Labute approximate surface area is 158 Å². The van der Waals surface area contributed by atoms with Crippen molar-refractivity contribution in [1.29, 1.82) is 0 Å². The number of unbranched alkanes of at least 4 members (excludes halogenated alkanes) is 4. The minimum absolute atomic E-state index is 0.0185. The van der Waals surface area contributed by atoms with Crippen molar-refractivity contribution < 1.29 is 14.4 Å². The molecule has 1 heterocycles. The van der Waals surface area contributed by atoms with Crippen molar-refractivity contribution in [3.8, 4) is 5.75 Å². The summed E-state index contributed by atoms with van der Waals surface area (Å²) in [4.78, 5) is 20.7. The molecule has 1 aromatic carbocycles. The fourth-order valence-electron chi connectivity index (χ4n) is 2.35. The first-order chi connectivity index (χ1) is 12.7. The van der Waals surface area contributed by atoms with E-state index in [0.29, 0.717) is 5.75 Å². The van der Waals surface area contributed by atoms with Crippen molar-refractivity contribution in [3.63, 3.8) is 0 Å². The van der Waals surface area contributed by atoms with E-state index in [1.807, 2.05) is 30.3 Å². The van der Waals surface area contributed by atoms with E-state index in [1.165, 1.54) is 19.3 Å². The molecule has 0 saturated heterocycles. The molecule has 7 heteroatoms. The monoisotopic (exact) mass is 375 g/mol. The van der Waals surface area contributed by atoms with E-state index >= 15 is 0 Å². The Hall–Kier alpha value is -2.28. The highest BCUT2D eigenvalue weighted by molar-refractivity contribution is 8.13. The van der Waals surface area contributed by atoms with E-state index in [4.69, 9.17) is 15.3 Å². The number of pyridine rings is 1. The van der Waals surface area contributed by atoms with Gasteiger partial charge < -0.3 is 15.3 Å². The van der Waals surface area contributed by atoms with E-state index < -0.39 is 5.30 Å². The van der Waals surface area contributed by atoms with E-state index in [0.717, 1.165) is 41.3 Å². The molecular weight excluding hydrogens is 350 g/mol. The van der Waals surface area contributed by atoms with Crippen LogP contribution in [0.2, 0.25) is 0 Å². The fourth-order valence-corrected chi connectivity index (χ4v) is 2.96. The highest BCUT2D eigenvalue weighted by Crippen LogP contribution is 2.22. The van der Waals surface area contributed by atoms with Gasteiger partial charge in [-0.1, -0.05) is 56.0 Å². The molecule has 0 radical (unpaired) electrons. The number of ether oxygens (including phenoxy) is 1. The quantitative estimate of drug-likeness (QED) is 0.212. The standard InChI is InChI=1S/C19H25N3O3S/c1-2-3-4-5-6-13-26-19(23)25-22-17(20)14-24-16-11-7-9-15-10-8-12-21-18(15)16/h7-12H,2-6,13-14H2,1H3,(H2,20,22). The molecular formula is C19H25N3O3S. The lowest BCUT2D eigenvalue weighted by molar-refractivity contribution is 0.179. The van der Waals surface area contributed by atoms with Gasteiger partial charge in [-0.3, -0.25) is 4.98 Å². The topological polar surface area (TPSA) is 86.8 Å². The molecule has 0 fully saturated rings. The first kappa shape index (κ1) is 20.0. The van der Waals surface area contributed by atoms with Crippen LogP contribution in [0.15, 0.2) is 41.7 Å². The molecule has 2 aromatic rings. The maximum Gasteiger partial charge on any atom is 0.393 e. The summed E-state index contributed by atoms with van der Waals surface area (Å²) in [5.41, 5.74) is 6.49. The van der Waals surface area contributed by atoms with Crippen LogP contribution in [0.25, 0.3) is 10.9 Å². The number of benzene rings is 1. The lowest BCUT2D eigenvalue weighted by Crippen LogP contribution is -2.22. The number of para-hydroxylation sites is 1. The van der Waals surface area contributed by atoms with Gasteiger partial charge in [-0.2, -0.15) is 0 Å². The van der Waals surface area contributed by atoms with Crippen molar-refractivity contribution in [3.05, 3.63) is 36.5 Å². The van der Waals surface area contributed by atoms with Crippen molar-refractivity contribution in [2.75, 3.05) is 12.4 Å². The summed E-state index contributed by atoms with van der Waals surface area (Å²) in [6, 6.07) is 9.46. The second-order valence-electron chi connectivity index (χ2n) is 5.81. The molecule has 0 amide bonds. The van der Waals surface area contributed by atoms with Crippen LogP contribution in [0.4, 0.5) is 4.79 Å². The fraction of sp³-hybridized carbons (Fsp3) is 0.421. The molecule has 0 aliphatic rings. The van der Waals surface area contributed by atoms with Crippen LogP contribution in [0.3, 0.4) is 0 Å².